The summed E-state index contributed by atoms with van der Waals surface area (Å²) in [4.78, 5) is 10.6. The van der Waals surface area contributed by atoms with Gasteiger partial charge in [0.1, 0.15) is 6.61 Å². The SMILES string of the molecule is COC(=O)OC/C=C/c1ccc(C)cc1. The quantitative estimate of drug-likeness (QED) is 0.713. The molecule has 3 nitrogen and oxygen atoms in total. The van der Waals surface area contributed by atoms with E-state index in [9.17, 15) is 4.79 Å². The Bertz CT molecular complexity index is 338. The summed E-state index contributed by atoms with van der Waals surface area (Å²) in [5.41, 5.74) is 2.30. The number of methoxy groups -OCH3 is 1. The van der Waals surface area contributed by atoms with Crippen LogP contribution in [0.3, 0.4) is 0 Å². The van der Waals surface area contributed by atoms with Gasteiger partial charge in [-0.1, -0.05) is 35.9 Å². The average molecular weight is 206 g/mol. The first kappa shape index (κ1) is 11.3. The largest absolute Gasteiger partial charge is 0.508 e. The molecular weight excluding hydrogens is 192 g/mol. The van der Waals surface area contributed by atoms with Crippen molar-refractivity contribution in [1.82, 2.24) is 0 Å². The van der Waals surface area contributed by atoms with Crippen molar-refractivity contribution >= 4 is 12.2 Å². The lowest BCUT2D eigenvalue weighted by Gasteiger charge is -1.98. The maximum atomic E-state index is 10.6. The minimum absolute atomic E-state index is 0.223. The number of benzene rings is 1. The van der Waals surface area contributed by atoms with E-state index in [1.807, 2.05) is 37.3 Å². The van der Waals surface area contributed by atoms with E-state index in [1.54, 1.807) is 6.08 Å². The molecule has 0 saturated heterocycles. The molecule has 0 atom stereocenters. The molecule has 0 amide bonds. The van der Waals surface area contributed by atoms with Crippen molar-refractivity contribution in [2.75, 3.05) is 13.7 Å². The Balaban J connectivity index is 2.38. The lowest BCUT2D eigenvalue weighted by Crippen LogP contribution is -2.03. The molecule has 15 heavy (non-hydrogen) atoms. The Hall–Kier alpha value is -1.77. The second-order valence-corrected chi connectivity index (χ2v) is 3.08. The molecule has 3 heteroatoms. The number of ether oxygens (including phenoxy) is 2. The van der Waals surface area contributed by atoms with Gasteiger partial charge < -0.3 is 9.47 Å². The number of carbonyl (C=O) groups is 1. The summed E-state index contributed by atoms with van der Waals surface area (Å²) in [7, 11) is 1.28. The summed E-state index contributed by atoms with van der Waals surface area (Å²) < 4.78 is 9.01. The summed E-state index contributed by atoms with van der Waals surface area (Å²) >= 11 is 0. The van der Waals surface area contributed by atoms with Crippen LogP contribution in [0.25, 0.3) is 6.08 Å². The molecule has 0 unspecified atom stereocenters. The van der Waals surface area contributed by atoms with E-state index in [-0.39, 0.29) is 6.61 Å². The third kappa shape index (κ3) is 4.31. The van der Waals surface area contributed by atoms with Crippen LogP contribution in [0.5, 0.6) is 0 Å². The number of aryl methyl sites for hydroxylation is 1. The zero-order valence-electron chi connectivity index (χ0n) is 8.90. The van der Waals surface area contributed by atoms with Gasteiger partial charge in [0.25, 0.3) is 0 Å². The Kier molecular flexibility index (Phi) is 4.41. The number of rotatable bonds is 3. The number of hydrogen-bond donors (Lipinski definition) is 0. The Morgan fingerprint density at radius 3 is 2.60 bits per heavy atom. The second-order valence-electron chi connectivity index (χ2n) is 3.08. The van der Waals surface area contributed by atoms with Crippen LogP contribution in [-0.4, -0.2) is 19.9 Å². The van der Waals surface area contributed by atoms with Crippen LogP contribution in [0.15, 0.2) is 30.3 Å². The molecule has 0 N–H and O–H groups in total. The van der Waals surface area contributed by atoms with Crippen molar-refractivity contribution in [3.05, 3.63) is 41.5 Å². The molecule has 1 rings (SSSR count). The normalized spacial score (nSPS) is 10.3. The summed E-state index contributed by atoms with van der Waals surface area (Å²) in [5, 5.41) is 0. The fourth-order valence-electron chi connectivity index (χ4n) is 1.04. The van der Waals surface area contributed by atoms with Crippen LogP contribution in [0.4, 0.5) is 4.79 Å². The van der Waals surface area contributed by atoms with Crippen LogP contribution in [0, 0.1) is 6.92 Å². The maximum Gasteiger partial charge on any atom is 0.508 e. The van der Waals surface area contributed by atoms with Crippen LogP contribution in [0.1, 0.15) is 11.1 Å². The highest BCUT2D eigenvalue weighted by Gasteiger charge is 1.95. The molecule has 0 aliphatic carbocycles. The van der Waals surface area contributed by atoms with Crippen molar-refractivity contribution in [2.24, 2.45) is 0 Å². The standard InChI is InChI=1S/C12H14O3/c1-10-5-7-11(8-6-10)4-3-9-15-12(13)14-2/h3-8H,9H2,1-2H3/b4-3+. The molecule has 1 aromatic carbocycles. The summed E-state index contributed by atoms with van der Waals surface area (Å²) in [5.74, 6) is 0. The van der Waals surface area contributed by atoms with E-state index in [0.29, 0.717) is 0 Å². The highest BCUT2D eigenvalue weighted by atomic mass is 16.7. The summed E-state index contributed by atoms with van der Waals surface area (Å²) in [6, 6.07) is 8.07. The van der Waals surface area contributed by atoms with Gasteiger partial charge in [-0.3, -0.25) is 0 Å². The summed E-state index contributed by atoms with van der Waals surface area (Å²) in [6.45, 7) is 2.26. The first-order valence-electron chi connectivity index (χ1n) is 4.66. The number of hydrogen-bond acceptors (Lipinski definition) is 3. The maximum absolute atomic E-state index is 10.6. The van der Waals surface area contributed by atoms with E-state index >= 15 is 0 Å². The predicted molar refractivity (Wildman–Crippen MR) is 58.6 cm³/mol. The molecule has 0 aliphatic heterocycles. The van der Waals surface area contributed by atoms with Crippen LogP contribution < -0.4 is 0 Å². The van der Waals surface area contributed by atoms with Gasteiger partial charge in [-0.05, 0) is 18.6 Å². The first-order valence-corrected chi connectivity index (χ1v) is 4.66. The Morgan fingerprint density at radius 2 is 2.00 bits per heavy atom. The Morgan fingerprint density at radius 1 is 1.33 bits per heavy atom. The molecule has 1 aromatic rings. The fourth-order valence-corrected chi connectivity index (χ4v) is 1.04. The highest BCUT2D eigenvalue weighted by Crippen LogP contribution is 2.04. The monoisotopic (exact) mass is 206 g/mol. The molecule has 0 saturated carbocycles. The van der Waals surface area contributed by atoms with E-state index in [4.69, 9.17) is 0 Å². The Labute approximate surface area is 89.3 Å². The fraction of sp³-hybridized carbons (Fsp3) is 0.250. The van der Waals surface area contributed by atoms with E-state index < -0.39 is 6.16 Å². The van der Waals surface area contributed by atoms with Gasteiger partial charge in [0.15, 0.2) is 0 Å². The predicted octanol–water partition coefficient (Wildman–Crippen LogP) is 2.79. The summed E-state index contributed by atoms with van der Waals surface area (Å²) in [6.07, 6.45) is 2.99. The third-order valence-corrected chi connectivity index (χ3v) is 1.85. The van der Waals surface area contributed by atoms with Gasteiger partial charge in [0.2, 0.25) is 0 Å². The minimum Gasteiger partial charge on any atom is -0.438 e. The first-order chi connectivity index (χ1) is 7.22. The number of carbonyl (C=O) groups excluding carboxylic acids is 1. The van der Waals surface area contributed by atoms with Gasteiger partial charge in [-0.25, -0.2) is 4.79 Å². The van der Waals surface area contributed by atoms with Crippen LogP contribution >= 0.6 is 0 Å². The molecule has 0 spiro atoms. The zero-order chi connectivity index (χ0) is 11.1. The van der Waals surface area contributed by atoms with E-state index in [2.05, 4.69) is 9.47 Å². The molecule has 0 bridgehead atoms. The topological polar surface area (TPSA) is 35.5 Å². The van der Waals surface area contributed by atoms with Crippen molar-refractivity contribution in [3.63, 3.8) is 0 Å². The zero-order valence-corrected chi connectivity index (χ0v) is 8.90. The van der Waals surface area contributed by atoms with Crippen molar-refractivity contribution in [2.45, 2.75) is 6.92 Å². The smallest absolute Gasteiger partial charge is 0.438 e. The lowest BCUT2D eigenvalue weighted by atomic mass is 10.1. The van der Waals surface area contributed by atoms with Crippen molar-refractivity contribution in [1.29, 1.82) is 0 Å². The van der Waals surface area contributed by atoms with Crippen LogP contribution in [-0.2, 0) is 9.47 Å². The van der Waals surface area contributed by atoms with Crippen molar-refractivity contribution in [3.8, 4) is 0 Å². The minimum atomic E-state index is -0.663. The van der Waals surface area contributed by atoms with Gasteiger partial charge >= 0.3 is 6.16 Å². The van der Waals surface area contributed by atoms with Crippen molar-refractivity contribution < 1.29 is 14.3 Å². The third-order valence-electron chi connectivity index (χ3n) is 1.85. The van der Waals surface area contributed by atoms with E-state index in [0.717, 1.165) is 5.56 Å². The second kappa shape index (κ2) is 5.86. The molecule has 0 fully saturated rings. The van der Waals surface area contributed by atoms with Gasteiger partial charge in [-0.15, -0.1) is 0 Å². The molecule has 0 radical (unpaired) electrons. The lowest BCUT2D eigenvalue weighted by molar-refractivity contribution is 0.0819. The van der Waals surface area contributed by atoms with Gasteiger partial charge in [0.05, 0.1) is 7.11 Å². The molecule has 0 heterocycles. The molecular formula is C12H14O3. The average Bonchev–Trinajstić information content (AvgIpc) is 2.26. The van der Waals surface area contributed by atoms with Crippen LogP contribution in [0.2, 0.25) is 0 Å². The van der Waals surface area contributed by atoms with E-state index in [1.165, 1.54) is 12.7 Å². The molecule has 80 valence electrons. The van der Waals surface area contributed by atoms with Gasteiger partial charge in [-0.2, -0.15) is 0 Å². The van der Waals surface area contributed by atoms with Gasteiger partial charge in [0, 0.05) is 0 Å². The molecule has 0 aromatic heterocycles. The highest BCUT2D eigenvalue weighted by molar-refractivity contribution is 5.60. The molecule has 0 aliphatic rings.